The molecule has 0 saturated carbocycles. The van der Waals surface area contributed by atoms with E-state index in [4.69, 9.17) is 4.52 Å². The second kappa shape index (κ2) is 6.14. The van der Waals surface area contributed by atoms with Gasteiger partial charge in [0.1, 0.15) is 11.5 Å². The molecule has 0 bridgehead atoms. The van der Waals surface area contributed by atoms with E-state index < -0.39 is 0 Å². The maximum Gasteiger partial charge on any atom is 0.140 e. The summed E-state index contributed by atoms with van der Waals surface area (Å²) in [4.78, 5) is 5.58. The lowest BCUT2D eigenvalue weighted by molar-refractivity contribution is 0.202. The third-order valence-corrected chi connectivity index (χ3v) is 7.18. The molecule has 0 N–H and O–H groups in total. The average Bonchev–Trinajstić information content (AvgIpc) is 3.36. The standard InChI is InChI=1S/C19H20N2OS2/c1-2-5-16-13(4-1)15(20-22-16)12-21-9-7-17-14(8-11-24-17)19(21)18-6-3-10-23-18/h3,6,8,10-11,19H,1-2,4-5,7,9,12H2. The van der Waals surface area contributed by atoms with Gasteiger partial charge < -0.3 is 4.52 Å². The number of fused-ring (bicyclic) bond motifs is 2. The Bertz CT molecular complexity index is 834. The molecule has 0 fully saturated rings. The van der Waals surface area contributed by atoms with Gasteiger partial charge in [-0.1, -0.05) is 11.2 Å². The third-order valence-electron chi connectivity index (χ3n) is 5.26. The van der Waals surface area contributed by atoms with Gasteiger partial charge in [0.15, 0.2) is 0 Å². The Balaban J connectivity index is 1.50. The summed E-state index contributed by atoms with van der Waals surface area (Å²) in [5.41, 5.74) is 4.05. The first-order chi connectivity index (χ1) is 11.9. The monoisotopic (exact) mass is 356 g/mol. The summed E-state index contributed by atoms with van der Waals surface area (Å²) in [5, 5.41) is 8.87. The molecule has 0 spiro atoms. The maximum atomic E-state index is 5.64. The van der Waals surface area contributed by atoms with Crippen molar-refractivity contribution >= 4 is 22.7 Å². The topological polar surface area (TPSA) is 29.3 Å². The van der Waals surface area contributed by atoms with Crippen LogP contribution in [0.5, 0.6) is 0 Å². The fourth-order valence-electron chi connectivity index (χ4n) is 4.08. The number of aromatic nitrogens is 1. The summed E-state index contributed by atoms with van der Waals surface area (Å²) < 4.78 is 5.64. The van der Waals surface area contributed by atoms with Gasteiger partial charge in [-0.2, -0.15) is 0 Å². The van der Waals surface area contributed by atoms with Crippen LogP contribution in [-0.2, 0) is 25.8 Å². The molecule has 5 rings (SSSR count). The van der Waals surface area contributed by atoms with Crippen molar-refractivity contribution < 1.29 is 4.52 Å². The molecule has 0 aromatic carbocycles. The summed E-state index contributed by atoms with van der Waals surface area (Å²) in [7, 11) is 0. The molecular formula is C19H20N2OS2. The first-order valence-corrected chi connectivity index (χ1v) is 10.5. The highest BCUT2D eigenvalue weighted by atomic mass is 32.1. The first kappa shape index (κ1) is 14.9. The molecule has 4 heterocycles. The van der Waals surface area contributed by atoms with Crippen LogP contribution < -0.4 is 0 Å². The van der Waals surface area contributed by atoms with Crippen LogP contribution in [0.4, 0.5) is 0 Å². The van der Waals surface area contributed by atoms with Crippen LogP contribution in [0.15, 0.2) is 33.5 Å². The van der Waals surface area contributed by atoms with E-state index in [-0.39, 0.29) is 0 Å². The van der Waals surface area contributed by atoms with Gasteiger partial charge in [0, 0.05) is 34.8 Å². The predicted octanol–water partition coefficient (Wildman–Crippen LogP) is 4.82. The number of hydrogen-bond donors (Lipinski definition) is 0. The van der Waals surface area contributed by atoms with E-state index >= 15 is 0 Å². The number of thiophene rings is 2. The lowest BCUT2D eigenvalue weighted by Gasteiger charge is -2.35. The van der Waals surface area contributed by atoms with Gasteiger partial charge in [0.2, 0.25) is 0 Å². The van der Waals surface area contributed by atoms with Gasteiger partial charge in [-0.25, -0.2) is 0 Å². The van der Waals surface area contributed by atoms with Crippen LogP contribution in [0.2, 0.25) is 0 Å². The first-order valence-electron chi connectivity index (χ1n) is 8.70. The fraction of sp³-hybridized carbons (Fsp3) is 0.421. The highest BCUT2D eigenvalue weighted by Gasteiger charge is 2.32. The van der Waals surface area contributed by atoms with Crippen molar-refractivity contribution in [3.63, 3.8) is 0 Å². The van der Waals surface area contributed by atoms with Gasteiger partial charge in [-0.3, -0.25) is 4.90 Å². The highest BCUT2D eigenvalue weighted by molar-refractivity contribution is 7.10. The Hall–Kier alpha value is -1.43. The van der Waals surface area contributed by atoms with E-state index in [2.05, 4.69) is 39.0 Å². The molecule has 1 aliphatic heterocycles. The van der Waals surface area contributed by atoms with Crippen LogP contribution in [0.25, 0.3) is 0 Å². The SMILES string of the molecule is c1csc(C2c3ccsc3CCN2Cc2noc3c2CCCC3)c1. The minimum atomic E-state index is 0.371. The van der Waals surface area contributed by atoms with E-state index in [1.807, 2.05) is 22.7 Å². The summed E-state index contributed by atoms with van der Waals surface area (Å²) in [6.45, 7) is 1.99. The van der Waals surface area contributed by atoms with Crippen LogP contribution in [0.3, 0.4) is 0 Å². The second-order valence-electron chi connectivity index (χ2n) is 6.68. The van der Waals surface area contributed by atoms with E-state index in [0.717, 1.165) is 38.1 Å². The van der Waals surface area contributed by atoms with Crippen molar-refractivity contribution in [3.8, 4) is 0 Å². The fourth-order valence-corrected chi connectivity index (χ4v) is 5.86. The highest BCUT2D eigenvalue weighted by Crippen LogP contribution is 2.40. The molecule has 1 atom stereocenters. The molecule has 2 aliphatic rings. The van der Waals surface area contributed by atoms with Crippen molar-refractivity contribution in [2.24, 2.45) is 0 Å². The van der Waals surface area contributed by atoms with E-state index in [1.54, 1.807) is 4.88 Å². The van der Waals surface area contributed by atoms with Gasteiger partial charge in [0.05, 0.1) is 6.04 Å². The molecule has 1 aliphatic carbocycles. The molecule has 5 heteroatoms. The summed E-state index contributed by atoms with van der Waals surface area (Å²) in [6, 6.07) is 7.12. The smallest absolute Gasteiger partial charge is 0.140 e. The van der Waals surface area contributed by atoms with E-state index in [1.165, 1.54) is 34.5 Å². The Morgan fingerprint density at radius 3 is 3.00 bits per heavy atom. The second-order valence-corrected chi connectivity index (χ2v) is 8.66. The zero-order valence-electron chi connectivity index (χ0n) is 13.5. The normalized spacial score (nSPS) is 20.8. The lowest BCUT2D eigenvalue weighted by Crippen LogP contribution is -2.35. The Labute approximate surface area is 149 Å². The molecule has 0 saturated heterocycles. The Morgan fingerprint density at radius 2 is 2.08 bits per heavy atom. The lowest BCUT2D eigenvalue weighted by atomic mass is 9.94. The molecule has 124 valence electrons. The Morgan fingerprint density at radius 1 is 1.12 bits per heavy atom. The van der Waals surface area contributed by atoms with Gasteiger partial charge in [-0.15, -0.1) is 22.7 Å². The van der Waals surface area contributed by atoms with Crippen molar-refractivity contribution in [2.45, 2.75) is 44.7 Å². The van der Waals surface area contributed by atoms with E-state index in [9.17, 15) is 0 Å². The zero-order valence-corrected chi connectivity index (χ0v) is 15.2. The molecule has 3 aromatic rings. The summed E-state index contributed by atoms with van der Waals surface area (Å²) in [5.74, 6) is 1.14. The number of rotatable bonds is 3. The van der Waals surface area contributed by atoms with Crippen LogP contribution in [-0.4, -0.2) is 16.6 Å². The van der Waals surface area contributed by atoms with Crippen molar-refractivity contribution in [1.82, 2.24) is 10.1 Å². The van der Waals surface area contributed by atoms with E-state index in [0.29, 0.717) is 6.04 Å². The number of hydrogen-bond acceptors (Lipinski definition) is 5. The van der Waals surface area contributed by atoms with Crippen LogP contribution in [0.1, 0.15) is 51.2 Å². The molecule has 0 amide bonds. The molecule has 3 nitrogen and oxygen atoms in total. The largest absolute Gasteiger partial charge is 0.361 e. The predicted molar refractivity (Wildman–Crippen MR) is 97.7 cm³/mol. The zero-order chi connectivity index (χ0) is 15.9. The Kier molecular flexibility index (Phi) is 3.80. The minimum Gasteiger partial charge on any atom is -0.361 e. The third kappa shape index (κ3) is 2.46. The molecular weight excluding hydrogens is 336 g/mol. The number of nitrogens with zero attached hydrogens (tertiary/aromatic N) is 2. The van der Waals surface area contributed by atoms with Crippen LogP contribution in [0, 0.1) is 0 Å². The molecule has 1 unspecified atom stereocenters. The van der Waals surface area contributed by atoms with Crippen molar-refractivity contribution in [2.75, 3.05) is 6.54 Å². The molecule has 0 radical (unpaired) electrons. The number of aryl methyl sites for hydroxylation is 1. The van der Waals surface area contributed by atoms with Gasteiger partial charge in [0.25, 0.3) is 0 Å². The molecule has 3 aromatic heterocycles. The summed E-state index contributed by atoms with van der Waals surface area (Å²) in [6.07, 6.45) is 5.85. The summed E-state index contributed by atoms with van der Waals surface area (Å²) >= 11 is 3.76. The van der Waals surface area contributed by atoms with Gasteiger partial charge >= 0.3 is 0 Å². The average molecular weight is 357 g/mol. The quantitative estimate of drug-likeness (QED) is 0.673. The van der Waals surface area contributed by atoms with Crippen molar-refractivity contribution in [3.05, 3.63) is 61.3 Å². The van der Waals surface area contributed by atoms with Crippen molar-refractivity contribution in [1.29, 1.82) is 0 Å². The minimum absolute atomic E-state index is 0.371. The van der Waals surface area contributed by atoms with Gasteiger partial charge in [-0.05, 0) is 54.1 Å². The maximum absolute atomic E-state index is 5.64. The molecule has 24 heavy (non-hydrogen) atoms. The van der Waals surface area contributed by atoms with Crippen LogP contribution >= 0.6 is 22.7 Å².